The third-order valence-electron chi connectivity index (χ3n) is 5.07. The molecule has 178 valence electrons. The Morgan fingerprint density at radius 2 is 1.86 bits per heavy atom. The van der Waals surface area contributed by atoms with Crippen LogP contribution in [0.15, 0.2) is 77.4 Å². The van der Waals surface area contributed by atoms with Gasteiger partial charge in [0.15, 0.2) is 17.2 Å². The minimum Gasteiger partial charge on any atom is -0.490 e. The van der Waals surface area contributed by atoms with E-state index in [2.05, 4.69) is 4.99 Å². The third kappa shape index (κ3) is 5.85. The van der Waals surface area contributed by atoms with Crippen molar-refractivity contribution in [1.29, 1.82) is 0 Å². The second-order valence-electron chi connectivity index (χ2n) is 7.48. The molecule has 1 heterocycles. The van der Waals surface area contributed by atoms with Crippen LogP contribution in [0.2, 0.25) is 5.02 Å². The maximum absolute atomic E-state index is 12.4. The number of nitro benzene ring substituents is 1. The molecule has 0 N–H and O–H groups in total. The molecular weight excluding hydrogens is 472 g/mol. The highest BCUT2D eigenvalue weighted by Gasteiger charge is 2.26. The van der Waals surface area contributed by atoms with E-state index in [-0.39, 0.29) is 27.9 Å². The normalized spacial score (nSPS) is 13.9. The smallest absolute Gasteiger partial charge is 0.363 e. The number of benzene rings is 3. The number of nitrogens with zero attached hydrogens (tertiary/aromatic N) is 2. The van der Waals surface area contributed by atoms with Crippen molar-refractivity contribution in [3.63, 3.8) is 0 Å². The largest absolute Gasteiger partial charge is 0.490 e. The average molecular weight is 493 g/mol. The number of hydrogen-bond donors (Lipinski definition) is 0. The Morgan fingerprint density at radius 3 is 2.60 bits per heavy atom. The van der Waals surface area contributed by atoms with Crippen molar-refractivity contribution in [3.05, 3.63) is 104 Å². The van der Waals surface area contributed by atoms with Crippen LogP contribution in [0.1, 0.15) is 23.6 Å². The first-order valence-electron chi connectivity index (χ1n) is 10.8. The van der Waals surface area contributed by atoms with E-state index >= 15 is 0 Å². The van der Waals surface area contributed by atoms with Crippen molar-refractivity contribution >= 4 is 35.2 Å². The van der Waals surface area contributed by atoms with Crippen LogP contribution in [0, 0.1) is 10.1 Å². The molecule has 4 rings (SSSR count). The topological polar surface area (TPSA) is 100 Å². The van der Waals surface area contributed by atoms with Gasteiger partial charge in [0.25, 0.3) is 5.69 Å². The Labute approximate surface area is 206 Å². The van der Waals surface area contributed by atoms with E-state index in [1.807, 2.05) is 37.3 Å². The standard InChI is InChI=1S/C26H21ClN2O6/c1-2-33-24-15-18(8-11-23(24)34-13-12-17-6-4-3-5-7-17)14-21-26(30)35-25(28-21)19-9-10-20(27)22(16-19)29(31)32/h3-11,14-16H,2,12-13H2,1H3/b21-14-. The van der Waals surface area contributed by atoms with Crippen molar-refractivity contribution < 1.29 is 23.9 Å². The lowest BCUT2D eigenvalue weighted by atomic mass is 10.1. The van der Waals surface area contributed by atoms with Crippen molar-refractivity contribution in [2.45, 2.75) is 13.3 Å². The number of carbonyl (C=O) groups is 1. The number of hydrogen-bond acceptors (Lipinski definition) is 7. The van der Waals surface area contributed by atoms with E-state index < -0.39 is 10.9 Å². The van der Waals surface area contributed by atoms with Crippen LogP contribution in [0.4, 0.5) is 5.69 Å². The summed E-state index contributed by atoms with van der Waals surface area (Å²) in [6, 6.07) is 19.4. The monoisotopic (exact) mass is 492 g/mol. The molecule has 0 unspecified atom stereocenters. The fourth-order valence-corrected chi connectivity index (χ4v) is 3.59. The number of aliphatic imine (C=N–C) groups is 1. The molecule has 0 saturated heterocycles. The zero-order valence-corrected chi connectivity index (χ0v) is 19.5. The van der Waals surface area contributed by atoms with Gasteiger partial charge in [0.2, 0.25) is 5.90 Å². The minimum absolute atomic E-state index is 0.0195. The molecule has 0 amide bonds. The summed E-state index contributed by atoms with van der Waals surface area (Å²) >= 11 is 5.86. The first kappa shape index (κ1) is 24.0. The van der Waals surface area contributed by atoms with Crippen molar-refractivity contribution in [1.82, 2.24) is 0 Å². The van der Waals surface area contributed by atoms with E-state index in [0.717, 1.165) is 6.42 Å². The fraction of sp³-hybridized carbons (Fsp3) is 0.154. The Balaban J connectivity index is 1.53. The van der Waals surface area contributed by atoms with E-state index in [9.17, 15) is 14.9 Å². The van der Waals surface area contributed by atoms with Crippen LogP contribution in [0.25, 0.3) is 6.08 Å². The zero-order chi connectivity index (χ0) is 24.8. The molecule has 0 fully saturated rings. The molecule has 0 aliphatic carbocycles. The van der Waals surface area contributed by atoms with E-state index in [4.69, 9.17) is 25.8 Å². The molecule has 35 heavy (non-hydrogen) atoms. The highest BCUT2D eigenvalue weighted by atomic mass is 35.5. The fourth-order valence-electron chi connectivity index (χ4n) is 3.40. The molecule has 0 atom stereocenters. The van der Waals surface area contributed by atoms with Gasteiger partial charge in [-0.25, -0.2) is 9.79 Å². The first-order valence-corrected chi connectivity index (χ1v) is 11.2. The Bertz CT molecular complexity index is 1320. The highest BCUT2D eigenvalue weighted by Crippen LogP contribution is 2.31. The second-order valence-corrected chi connectivity index (χ2v) is 7.89. The molecule has 1 aliphatic rings. The van der Waals surface area contributed by atoms with Gasteiger partial charge in [-0.05, 0) is 48.4 Å². The molecule has 8 nitrogen and oxygen atoms in total. The number of nitro groups is 1. The summed E-state index contributed by atoms with van der Waals surface area (Å²) in [7, 11) is 0. The van der Waals surface area contributed by atoms with Crippen LogP contribution < -0.4 is 9.47 Å². The number of esters is 1. The van der Waals surface area contributed by atoms with Crippen LogP contribution >= 0.6 is 11.6 Å². The zero-order valence-electron chi connectivity index (χ0n) is 18.8. The Kier molecular flexibility index (Phi) is 7.42. The van der Waals surface area contributed by atoms with Crippen molar-refractivity contribution in [2.24, 2.45) is 4.99 Å². The summed E-state index contributed by atoms with van der Waals surface area (Å²) in [5.74, 6) is 0.432. The SMILES string of the molecule is CCOc1cc(/C=C2\N=C(c3ccc(Cl)c([N+](=O)[O-])c3)OC2=O)ccc1OCCc1ccccc1. The van der Waals surface area contributed by atoms with E-state index in [0.29, 0.717) is 30.3 Å². The lowest BCUT2D eigenvalue weighted by Crippen LogP contribution is -2.06. The predicted molar refractivity (Wildman–Crippen MR) is 132 cm³/mol. The van der Waals surface area contributed by atoms with Crippen LogP contribution in [-0.4, -0.2) is 30.0 Å². The lowest BCUT2D eigenvalue weighted by Gasteiger charge is -2.12. The molecule has 1 aliphatic heterocycles. The Morgan fingerprint density at radius 1 is 1.06 bits per heavy atom. The average Bonchev–Trinajstić information content (AvgIpc) is 3.21. The Hall–Kier alpha value is -4.17. The second kappa shape index (κ2) is 10.8. The summed E-state index contributed by atoms with van der Waals surface area (Å²) in [6.45, 7) is 2.79. The molecule has 0 radical (unpaired) electrons. The lowest BCUT2D eigenvalue weighted by molar-refractivity contribution is -0.384. The summed E-state index contributed by atoms with van der Waals surface area (Å²) in [6.07, 6.45) is 2.31. The third-order valence-corrected chi connectivity index (χ3v) is 5.39. The number of ether oxygens (including phenoxy) is 3. The van der Waals surface area contributed by atoms with Crippen LogP contribution in [0.3, 0.4) is 0 Å². The molecule has 0 aromatic heterocycles. The van der Waals surface area contributed by atoms with Gasteiger partial charge in [-0.15, -0.1) is 0 Å². The van der Waals surface area contributed by atoms with Gasteiger partial charge in [0.05, 0.1) is 18.1 Å². The molecule has 9 heteroatoms. The summed E-state index contributed by atoms with van der Waals surface area (Å²) in [4.78, 5) is 27.1. The predicted octanol–water partition coefficient (Wildman–Crippen LogP) is 5.61. The minimum atomic E-state index is -0.668. The number of halogens is 1. The quantitative estimate of drug-likeness (QED) is 0.166. The van der Waals surface area contributed by atoms with Crippen molar-refractivity contribution in [2.75, 3.05) is 13.2 Å². The summed E-state index contributed by atoms with van der Waals surface area (Å²) in [5.41, 5.74) is 1.85. The van der Waals surface area contributed by atoms with Gasteiger partial charge in [-0.3, -0.25) is 10.1 Å². The molecule has 0 spiro atoms. The van der Waals surface area contributed by atoms with E-state index in [1.54, 1.807) is 24.3 Å². The molecule has 3 aromatic rings. The van der Waals surface area contributed by atoms with Crippen LogP contribution in [0.5, 0.6) is 11.5 Å². The number of rotatable bonds is 9. The van der Waals surface area contributed by atoms with Gasteiger partial charge in [0.1, 0.15) is 5.02 Å². The molecule has 0 bridgehead atoms. The van der Waals surface area contributed by atoms with Crippen molar-refractivity contribution in [3.8, 4) is 11.5 Å². The van der Waals surface area contributed by atoms with Gasteiger partial charge in [0, 0.05) is 18.1 Å². The first-order chi connectivity index (χ1) is 16.9. The van der Waals surface area contributed by atoms with Crippen LogP contribution in [-0.2, 0) is 16.0 Å². The highest BCUT2D eigenvalue weighted by molar-refractivity contribution is 6.32. The maximum Gasteiger partial charge on any atom is 0.363 e. The van der Waals surface area contributed by atoms with Gasteiger partial charge < -0.3 is 14.2 Å². The van der Waals surface area contributed by atoms with Gasteiger partial charge >= 0.3 is 5.97 Å². The summed E-state index contributed by atoms with van der Waals surface area (Å²) < 4.78 is 16.9. The molecule has 3 aromatic carbocycles. The van der Waals surface area contributed by atoms with Gasteiger partial charge in [-0.1, -0.05) is 48.0 Å². The van der Waals surface area contributed by atoms with Gasteiger partial charge in [-0.2, -0.15) is 0 Å². The maximum atomic E-state index is 12.4. The number of cyclic esters (lactones) is 1. The van der Waals surface area contributed by atoms with E-state index in [1.165, 1.54) is 23.8 Å². The molecule has 0 saturated carbocycles. The summed E-state index contributed by atoms with van der Waals surface area (Å²) in [5, 5.41) is 11.1. The molecular formula is C26H21ClN2O6. The number of carbonyl (C=O) groups excluding carboxylic acids is 1.